The molecule has 1 atom stereocenters. The third-order valence-electron chi connectivity index (χ3n) is 3.58. The molecule has 0 radical (unpaired) electrons. The highest BCUT2D eigenvalue weighted by Gasteiger charge is 2.11. The van der Waals surface area contributed by atoms with E-state index >= 15 is 0 Å². The fraction of sp³-hybridized carbons (Fsp3) is 0.294. The van der Waals surface area contributed by atoms with Gasteiger partial charge >= 0.3 is 0 Å². The summed E-state index contributed by atoms with van der Waals surface area (Å²) in [6.45, 7) is 2.03. The van der Waals surface area contributed by atoms with Crippen molar-refractivity contribution in [2.45, 2.75) is 25.8 Å². The SMILES string of the molecule is CNC(Cc1ccc(Br)cc1)Cc1cc(F)ccc1C. The van der Waals surface area contributed by atoms with Crippen molar-refractivity contribution in [3.05, 3.63) is 69.4 Å². The van der Waals surface area contributed by atoms with E-state index in [1.165, 1.54) is 11.6 Å². The molecule has 0 aliphatic rings. The van der Waals surface area contributed by atoms with Gasteiger partial charge in [-0.05, 0) is 67.8 Å². The highest BCUT2D eigenvalue weighted by Crippen LogP contribution is 2.16. The summed E-state index contributed by atoms with van der Waals surface area (Å²) < 4.78 is 14.4. The summed E-state index contributed by atoms with van der Waals surface area (Å²) >= 11 is 3.44. The Kier molecular flexibility index (Phi) is 5.32. The van der Waals surface area contributed by atoms with E-state index in [9.17, 15) is 4.39 Å². The molecule has 0 fully saturated rings. The Morgan fingerprint density at radius 1 is 1.10 bits per heavy atom. The molecule has 20 heavy (non-hydrogen) atoms. The first kappa shape index (κ1) is 15.2. The van der Waals surface area contributed by atoms with Gasteiger partial charge in [0.05, 0.1) is 0 Å². The molecular formula is C17H19BrFN. The van der Waals surface area contributed by atoms with Gasteiger partial charge in [0.1, 0.15) is 5.82 Å². The summed E-state index contributed by atoms with van der Waals surface area (Å²) in [4.78, 5) is 0. The number of hydrogen-bond donors (Lipinski definition) is 1. The van der Waals surface area contributed by atoms with Crippen LogP contribution in [0.4, 0.5) is 4.39 Å². The van der Waals surface area contributed by atoms with Gasteiger partial charge in [0, 0.05) is 10.5 Å². The average molecular weight is 336 g/mol. The Labute approximate surface area is 128 Å². The van der Waals surface area contributed by atoms with Crippen LogP contribution in [0.15, 0.2) is 46.9 Å². The van der Waals surface area contributed by atoms with Gasteiger partial charge in [-0.2, -0.15) is 0 Å². The van der Waals surface area contributed by atoms with E-state index in [0.717, 1.165) is 28.4 Å². The first-order valence-electron chi connectivity index (χ1n) is 6.75. The van der Waals surface area contributed by atoms with Gasteiger partial charge in [0.2, 0.25) is 0 Å². The molecule has 2 aromatic rings. The molecule has 3 heteroatoms. The number of halogens is 2. The zero-order chi connectivity index (χ0) is 14.5. The van der Waals surface area contributed by atoms with E-state index in [-0.39, 0.29) is 5.82 Å². The normalized spacial score (nSPS) is 12.4. The van der Waals surface area contributed by atoms with E-state index in [0.29, 0.717) is 6.04 Å². The summed E-state index contributed by atoms with van der Waals surface area (Å²) in [5, 5.41) is 3.33. The van der Waals surface area contributed by atoms with Crippen LogP contribution in [0, 0.1) is 12.7 Å². The third kappa shape index (κ3) is 4.15. The van der Waals surface area contributed by atoms with Crippen molar-refractivity contribution in [1.29, 1.82) is 0 Å². The van der Waals surface area contributed by atoms with E-state index in [2.05, 4.69) is 45.5 Å². The second-order valence-corrected chi connectivity index (χ2v) is 6.01. The summed E-state index contributed by atoms with van der Waals surface area (Å²) in [5.41, 5.74) is 3.49. The molecule has 0 bridgehead atoms. The molecular weight excluding hydrogens is 317 g/mol. The molecule has 2 aromatic carbocycles. The topological polar surface area (TPSA) is 12.0 Å². The first-order valence-corrected chi connectivity index (χ1v) is 7.54. The summed E-state index contributed by atoms with van der Waals surface area (Å²) in [7, 11) is 1.96. The van der Waals surface area contributed by atoms with Gasteiger partial charge in [-0.25, -0.2) is 4.39 Å². The zero-order valence-electron chi connectivity index (χ0n) is 11.8. The number of benzene rings is 2. The Hall–Kier alpha value is -1.19. The van der Waals surface area contributed by atoms with Crippen LogP contribution in [-0.2, 0) is 12.8 Å². The molecule has 0 saturated carbocycles. The van der Waals surface area contributed by atoms with E-state index in [4.69, 9.17) is 0 Å². The van der Waals surface area contributed by atoms with Crippen LogP contribution in [0.25, 0.3) is 0 Å². The molecule has 0 saturated heterocycles. The van der Waals surface area contributed by atoms with Gasteiger partial charge in [-0.1, -0.05) is 34.1 Å². The Bertz CT molecular complexity index is 566. The fourth-order valence-corrected chi connectivity index (χ4v) is 2.57. The van der Waals surface area contributed by atoms with Crippen molar-refractivity contribution < 1.29 is 4.39 Å². The van der Waals surface area contributed by atoms with E-state index < -0.39 is 0 Å². The molecule has 0 amide bonds. The van der Waals surface area contributed by atoms with Crippen LogP contribution in [0.1, 0.15) is 16.7 Å². The molecule has 1 nitrogen and oxygen atoms in total. The molecule has 2 rings (SSSR count). The summed E-state index contributed by atoms with van der Waals surface area (Å²) in [5.74, 6) is -0.163. The smallest absolute Gasteiger partial charge is 0.123 e. The number of hydrogen-bond acceptors (Lipinski definition) is 1. The fourth-order valence-electron chi connectivity index (χ4n) is 2.31. The van der Waals surface area contributed by atoms with Crippen molar-refractivity contribution in [2.24, 2.45) is 0 Å². The maximum atomic E-state index is 13.3. The van der Waals surface area contributed by atoms with Crippen molar-refractivity contribution in [3.63, 3.8) is 0 Å². The zero-order valence-corrected chi connectivity index (χ0v) is 13.4. The Morgan fingerprint density at radius 3 is 2.45 bits per heavy atom. The number of rotatable bonds is 5. The number of aryl methyl sites for hydroxylation is 1. The molecule has 0 spiro atoms. The lowest BCUT2D eigenvalue weighted by atomic mass is 9.96. The maximum Gasteiger partial charge on any atom is 0.123 e. The molecule has 1 unspecified atom stereocenters. The standard InChI is InChI=1S/C17H19BrFN/c1-12-3-8-16(19)10-14(12)11-17(20-2)9-13-4-6-15(18)7-5-13/h3-8,10,17,20H,9,11H2,1-2H3. The van der Waals surface area contributed by atoms with Crippen LogP contribution in [0.3, 0.4) is 0 Å². The highest BCUT2D eigenvalue weighted by molar-refractivity contribution is 9.10. The number of nitrogens with one attached hydrogen (secondary N) is 1. The highest BCUT2D eigenvalue weighted by atomic mass is 79.9. The predicted molar refractivity (Wildman–Crippen MR) is 85.5 cm³/mol. The monoisotopic (exact) mass is 335 g/mol. The van der Waals surface area contributed by atoms with Crippen molar-refractivity contribution in [3.8, 4) is 0 Å². The van der Waals surface area contributed by atoms with Gasteiger partial charge in [0.15, 0.2) is 0 Å². The van der Waals surface area contributed by atoms with Gasteiger partial charge < -0.3 is 5.32 Å². The van der Waals surface area contributed by atoms with Crippen LogP contribution < -0.4 is 5.32 Å². The lowest BCUT2D eigenvalue weighted by molar-refractivity contribution is 0.551. The summed E-state index contributed by atoms with van der Waals surface area (Å²) in [6, 6.07) is 13.6. The Balaban J connectivity index is 2.08. The largest absolute Gasteiger partial charge is 0.316 e. The molecule has 106 valence electrons. The van der Waals surface area contributed by atoms with Crippen LogP contribution >= 0.6 is 15.9 Å². The van der Waals surface area contributed by atoms with Crippen molar-refractivity contribution >= 4 is 15.9 Å². The predicted octanol–water partition coefficient (Wildman–Crippen LogP) is 4.27. The first-order chi connectivity index (χ1) is 9.58. The lowest BCUT2D eigenvalue weighted by Crippen LogP contribution is -2.30. The average Bonchev–Trinajstić information content (AvgIpc) is 2.44. The van der Waals surface area contributed by atoms with E-state index in [1.807, 2.05) is 20.0 Å². The maximum absolute atomic E-state index is 13.3. The van der Waals surface area contributed by atoms with Gasteiger partial charge in [-0.3, -0.25) is 0 Å². The number of likely N-dealkylation sites (N-methyl/N-ethyl adjacent to an activating group) is 1. The minimum Gasteiger partial charge on any atom is -0.316 e. The minimum absolute atomic E-state index is 0.163. The van der Waals surface area contributed by atoms with Gasteiger partial charge in [-0.15, -0.1) is 0 Å². The lowest BCUT2D eigenvalue weighted by Gasteiger charge is -2.18. The van der Waals surface area contributed by atoms with Gasteiger partial charge in [0.25, 0.3) is 0 Å². The second kappa shape index (κ2) is 7.00. The summed E-state index contributed by atoms with van der Waals surface area (Å²) in [6.07, 6.45) is 1.76. The molecule has 0 aromatic heterocycles. The molecule has 1 N–H and O–H groups in total. The second-order valence-electron chi connectivity index (χ2n) is 5.09. The van der Waals surface area contributed by atoms with Crippen LogP contribution in [0.2, 0.25) is 0 Å². The third-order valence-corrected chi connectivity index (χ3v) is 4.11. The van der Waals surface area contributed by atoms with Crippen LogP contribution in [-0.4, -0.2) is 13.1 Å². The molecule has 0 aliphatic heterocycles. The van der Waals surface area contributed by atoms with Crippen molar-refractivity contribution in [2.75, 3.05) is 7.05 Å². The minimum atomic E-state index is -0.163. The van der Waals surface area contributed by atoms with E-state index in [1.54, 1.807) is 6.07 Å². The quantitative estimate of drug-likeness (QED) is 0.860. The molecule has 0 heterocycles. The Morgan fingerprint density at radius 2 is 1.80 bits per heavy atom. The molecule has 0 aliphatic carbocycles. The van der Waals surface area contributed by atoms with Crippen molar-refractivity contribution in [1.82, 2.24) is 5.32 Å². The van der Waals surface area contributed by atoms with Crippen LogP contribution in [0.5, 0.6) is 0 Å².